The molecule has 0 atom stereocenters. The van der Waals surface area contributed by atoms with Crippen LogP contribution in [-0.4, -0.2) is 61.0 Å². The van der Waals surface area contributed by atoms with E-state index in [1.54, 1.807) is 11.3 Å². The maximum atomic E-state index is 5.84. The fourth-order valence-corrected chi connectivity index (χ4v) is 4.81. The molecule has 2 aromatic heterocycles. The molecule has 1 aliphatic carbocycles. The Hall–Kier alpha value is -1.21. The number of rotatable bonds is 6. The van der Waals surface area contributed by atoms with Crippen molar-refractivity contribution in [1.29, 1.82) is 0 Å². The number of pyridine rings is 1. The van der Waals surface area contributed by atoms with Crippen LogP contribution in [0.25, 0.3) is 10.2 Å². The minimum Gasteiger partial charge on any atom is -0.382 e. The molecule has 0 radical (unpaired) electrons. The number of morpholine rings is 1. The molecule has 2 aromatic rings. The Morgan fingerprint density at radius 1 is 1.38 bits per heavy atom. The molecule has 0 aromatic carbocycles. The van der Waals surface area contributed by atoms with E-state index in [1.165, 1.54) is 10.4 Å². The van der Waals surface area contributed by atoms with E-state index >= 15 is 0 Å². The first-order chi connectivity index (χ1) is 11.8. The lowest BCUT2D eigenvalue weighted by Crippen LogP contribution is -2.65. The van der Waals surface area contributed by atoms with Gasteiger partial charge in [-0.1, -0.05) is 0 Å². The van der Waals surface area contributed by atoms with Gasteiger partial charge in [0, 0.05) is 38.0 Å². The second-order valence-electron chi connectivity index (χ2n) is 6.66. The Balaban J connectivity index is 1.49. The van der Waals surface area contributed by atoms with Crippen molar-refractivity contribution in [2.75, 3.05) is 44.8 Å². The molecular weight excluding hydrogens is 322 g/mol. The molecule has 4 rings (SSSR count). The first kappa shape index (κ1) is 16.3. The monoisotopic (exact) mass is 347 g/mol. The van der Waals surface area contributed by atoms with Crippen molar-refractivity contribution in [2.24, 2.45) is 0 Å². The van der Waals surface area contributed by atoms with E-state index in [4.69, 9.17) is 9.47 Å². The minimum absolute atomic E-state index is 0.191. The number of ether oxygens (including phenoxy) is 2. The van der Waals surface area contributed by atoms with Gasteiger partial charge in [-0.25, -0.2) is 0 Å². The molecule has 130 valence electrons. The van der Waals surface area contributed by atoms with Gasteiger partial charge in [0.1, 0.15) is 0 Å². The van der Waals surface area contributed by atoms with Crippen molar-refractivity contribution in [3.63, 3.8) is 0 Å². The van der Waals surface area contributed by atoms with Crippen LogP contribution in [0.4, 0.5) is 5.69 Å². The van der Waals surface area contributed by atoms with Gasteiger partial charge in [0.05, 0.1) is 35.2 Å². The summed E-state index contributed by atoms with van der Waals surface area (Å²) in [7, 11) is 0. The molecule has 0 amide bonds. The van der Waals surface area contributed by atoms with Crippen molar-refractivity contribution in [3.05, 3.63) is 23.7 Å². The van der Waals surface area contributed by atoms with Gasteiger partial charge in [0.2, 0.25) is 0 Å². The average Bonchev–Trinajstić information content (AvgIpc) is 3.07. The summed E-state index contributed by atoms with van der Waals surface area (Å²) in [4.78, 5) is 7.03. The number of hydrogen-bond donors (Lipinski definition) is 1. The molecular formula is C18H25N3O2S. The summed E-state index contributed by atoms with van der Waals surface area (Å²) in [5, 5.41) is 5.82. The van der Waals surface area contributed by atoms with E-state index in [2.05, 4.69) is 39.6 Å². The van der Waals surface area contributed by atoms with E-state index in [9.17, 15) is 0 Å². The van der Waals surface area contributed by atoms with Gasteiger partial charge in [-0.15, -0.1) is 11.3 Å². The molecule has 5 nitrogen and oxygen atoms in total. The third kappa shape index (κ3) is 3.04. The Morgan fingerprint density at radius 2 is 2.21 bits per heavy atom. The Bertz CT molecular complexity index is 678. The third-order valence-corrected chi connectivity index (χ3v) is 6.19. The van der Waals surface area contributed by atoms with Gasteiger partial charge in [-0.2, -0.15) is 0 Å². The molecule has 1 saturated carbocycles. The SMILES string of the molecule is CCOC1CC(CNc2ccnc3ccsc23)(N2CCOCC2)C1. The molecule has 6 heteroatoms. The predicted octanol–water partition coefficient (Wildman–Crippen LogP) is 2.98. The van der Waals surface area contributed by atoms with E-state index < -0.39 is 0 Å². The van der Waals surface area contributed by atoms with Gasteiger partial charge in [-0.05, 0) is 37.3 Å². The smallest absolute Gasteiger partial charge is 0.0830 e. The van der Waals surface area contributed by atoms with Gasteiger partial charge >= 0.3 is 0 Å². The summed E-state index contributed by atoms with van der Waals surface area (Å²) in [5.74, 6) is 0. The lowest BCUT2D eigenvalue weighted by molar-refractivity contribution is -0.121. The number of thiophene rings is 1. The van der Waals surface area contributed by atoms with Crippen LogP contribution in [-0.2, 0) is 9.47 Å². The molecule has 0 bridgehead atoms. The summed E-state index contributed by atoms with van der Waals surface area (Å²) in [6.07, 6.45) is 4.50. The number of fused-ring (bicyclic) bond motifs is 1. The van der Waals surface area contributed by atoms with Crippen LogP contribution < -0.4 is 5.32 Å². The lowest BCUT2D eigenvalue weighted by atomic mass is 9.72. The number of anilines is 1. The summed E-state index contributed by atoms with van der Waals surface area (Å²) in [6.45, 7) is 7.55. The zero-order valence-electron chi connectivity index (χ0n) is 14.2. The molecule has 1 saturated heterocycles. The standard InChI is InChI=1S/C18H25N3O2S/c1-2-23-14-11-18(12-14,21-6-8-22-9-7-21)13-20-15-3-5-19-16-4-10-24-17(15)16/h3-5,10,14H,2,6-9,11-13H2,1H3,(H,19,20). The molecule has 1 N–H and O–H groups in total. The van der Waals surface area contributed by atoms with Crippen LogP contribution in [0.1, 0.15) is 19.8 Å². The highest BCUT2D eigenvalue weighted by atomic mass is 32.1. The van der Waals surface area contributed by atoms with Gasteiger partial charge < -0.3 is 14.8 Å². The molecule has 2 fully saturated rings. The van der Waals surface area contributed by atoms with Crippen molar-refractivity contribution in [3.8, 4) is 0 Å². The average molecular weight is 347 g/mol. The Labute approximate surface area is 147 Å². The summed E-state index contributed by atoms with van der Waals surface area (Å²) >= 11 is 1.75. The van der Waals surface area contributed by atoms with Gasteiger partial charge in [0.25, 0.3) is 0 Å². The van der Waals surface area contributed by atoms with Crippen molar-refractivity contribution in [2.45, 2.75) is 31.4 Å². The molecule has 3 heterocycles. The van der Waals surface area contributed by atoms with Gasteiger partial charge in [-0.3, -0.25) is 9.88 Å². The highest BCUT2D eigenvalue weighted by Crippen LogP contribution is 2.41. The van der Waals surface area contributed by atoms with E-state index in [-0.39, 0.29) is 5.54 Å². The van der Waals surface area contributed by atoms with E-state index in [1.807, 2.05) is 6.20 Å². The second kappa shape index (κ2) is 6.96. The first-order valence-electron chi connectivity index (χ1n) is 8.81. The molecule has 2 aliphatic rings. The second-order valence-corrected chi connectivity index (χ2v) is 7.57. The molecule has 24 heavy (non-hydrogen) atoms. The molecule has 0 unspecified atom stereocenters. The summed E-state index contributed by atoms with van der Waals surface area (Å²) in [6, 6.07) is 4.17. The van der Waals surface area contributed by atoms with Crippen LogP contribution in [0.2, 0.25) is 0 Å². The summed E-state index contributed by atoms with van der Waals surface area (Å²) < 4.78 is 12.6. The zero-order valence-corrected chi connectivity index (χ0v) is 15.0. The normalized spacial score (nSPS) is 28.0. The number of nitrogens with zero attached hydrogens (tertiary/aromatic N) is 2. The lowest BCUT2D eigenvalue weighted by Gasteiger charge is -2.55. The topological polar surface area (TPSA) is 46.6 Å². The highest BCUT2D eigenvalue weighted by molar-refractivity contribution is 7.17. The highest BCUT2D eigenvalue weighted by Gasteiger charge is 2.49. The van der Waals surface area contributed by atoms with Crippen molar-refractivity contribution >= 4 is 27.2 Å². The number of aromatic nitrogens is 1. The zero-order chi connectivity index (χ0) is 16.4. The van der Waals surface area contributed by atoms with E-state index in [0.29, 0.717) is 6.10 Å². The van der Waals surface area contributed by atoms with Crippen LogP contribution in [0.3, 0.4) is 0 Å². The predicted molar refractivity (Wildman–Crippen MR) is 97.9 cm³/mol. The summed E-state index contributed by atoms with van der Waals surface area (Å²) in [5.41, 5.74) is 2.46. The fraction of sp³-hybridized carbons (Fsp3) is 0.611. The fourth-order valence-electron chi connectivity index (χ4n) is 3.97. The Morgan fingerprint density at radius 3 is 3.00 bits per heavy atom. The van der Waals surface area contributed by atoms with Crippen LogP contribution >= 0.6 is 11.3 Å². The molecule has 1 aliphatic heterocycles. The maximum absolute atomic E-state index is 5.84. The van der Waals surface area contributed by atoms with Crippen LogP contribution in [0, 0.1) is 0 Å². The van der Waals surface area contributed by atoms with Gasteiger partial charge in [0.15, 0.2) is 0 Å². The first-order valence-corrected chi connectivity index (χ1v) is 9.69. The van der Waals surface area contributed by atoms with Crippen LogP contribution in [0.15, 0.2) is 23.7 Å². The maximum Gasteiger partial charge on any atom is 0.0830 e. The van der Waals surface area contributed by atoms with E-state index in [0.717, 1.165) is 57.8 Å². The molecule has 0 spiro atoms. The third-order valence-electron chi connectivity index (χ3n) is 5.25. The number of nitrogens with one attached hydrogen (secondary N) is 1. The largest absolute Gasteiger partial charge is 0.382 e. The number of hydrogen-bond acceptors (Lipinski definition) is 6. The minimum atomic E-state index is 0.191. The van der Waals surface area contributed by atoms with Crippen LogP contribution in [0.5, 0.6) is 0 Å². The van der Waals surface area contributed by atoms with Crippen molar-refractivity contribution < 1.29 is 9.47 Å². The quantitative estimate of drug-likeness (QED) is 0.870. The Kier molecular flexibility index (Phi) is 4.72. The van der Waals surface area contributed by atoms with Crippen molar-refractivity contribution in [1.82, 2.24) is 9.88 Å².